The maximum atomic E-state index is 11.8. The van der Waals surface area contributed by atoms with Crippen molar-refractivity contribution in [2.75, 3.05) is 44.2 Å². The van der Waals surface area contributed by atoms with Crippen LogP contribution in [0.1, 0.15) is 17.4 Å². The third kappa shape index (κ3) is 4.16. The number of anilines is 1. The minimum atomic E-state index is -0.800. The molecule has 7 nitrogen and oxygen atoms in total. The van der Waals surface area contributed by atoms with Crippen LogP contribution >= 0.6 is 0 Å². The molecule has 0 aliphatic carbocycles. The van der Waals surface area contributed by atoms with E-state index in [0.29, 0.717) is 25.3 Å². The van der Waals surface area contributed by atoms with Crippen molar-refractivity contribution in [1.29, 1.82) is 0 Å². The lowest BCUT2D eigenvalue weighted by molar-refractivity contribution is -0.138. The molecule has 2 heterocycles. The predicted molar refractivity (Wildman–Crippen MR) is 78.5 cm³/mol. The summed E-state index contributed by atoms with van der Waals surface area (Å²) in [7, 11) is 0. The first-order valence-corrected chi connectivity index (χ1v) is 7.03. The monoisotopic (exact) mass is 292 g/mol. The number of nitrogens with zero attached hydrogens (tertiary/aromatic N) is 3. The van der Waals surface area contributed by atoms with E-state index in [1.807, 2.05) is 17.9 Å². The van der Waals surface area contributed by atoms with Crippen LogP contribution in [0.5, 0.6) is 0 Å². The van der Waals surface area contributed by atoms with Gasteiger partial charge in [0.2, 0.25) is 0 Å². The molecule has 0 spiro atoms. The number of carbonyl (C=O) groups excluding carboxylic acids is 1. The molecule has 0 aromatic carbocycles. The first kappa shape index (κ1) is 15.2. The summed E-state index contributed by atoms with van der Waals surface area (Å²) >= 11 is 0. The molecule has 0 radical (unpaired) electrons. The number of nitrogens with one attached hydrogen (secondary N) is 1. The Balaban J connectivity index is 1.98. The minimum Gasteiger partial charge on any atom is -0.480 e. The fraction of sp³-hybridized carbons (Fsp3) is 0.500. The van der Waals surface area contributed by atoms with Gasteiger partial charge >= 0.3 is 5.97 Å². The number of carboxylic acids is 1. The quantitative estimate of drug-likeness (QED) is 0.797. The molecule has 1 saturated heterocycles. The van der Waals surface area contributed by atoms with Gasteiger partial charge in [0.05, 0.1) is 6.54 Å². The van der Waals surface area contributed by atoms with Crippen molar-refractivity contribution in [1.82, 2.24) is 15.2 Å². The lowest BCUT2D eigenvalue weighted by atomic mass is 10.2. The minimum absolute atomic E-state index is 0.0777. The largest absolute Gasteiger partial charge is 0.480 e. The first-order chi connectivity index (χ1) is 10.1. The molecular weight excluding hydrogens is 272 g/mol. The fourth-order valence-electron chi connectivity index (χ4n) is 2.35. The number of carboxylic acid groups (broad SMARTS) is 1. The molecule has 21 heavy (non-hydrogen) atoms. The molecule has 2 rings (SSSR count). The average molecular weight is 292 g/mol. The molecule has 1 aromatic heterocycles. The van der Waals surface area contributed by atoms with Gasteiger partial charge in [0, 0.05) is 44.6 Å². The van der Waals surface area contributed by atoms with Gasteiger partial charge in [-0.2, -0.15) is 0 Å². The van der Waals surface area contributed by atoms with Crippen LogP contribution in [0.3, 0.4) is 0 Å². The number of amides is 1. The van der Waals surface area contributed by atoms with E-state index in [1.54, 1.807) is 12.3 Å². The highest BCUT2D eigenvalue weighted by Gasteiger charge is 2.19. The molecular formula is C14H20N4O3. The summed E-state index contributed by atoms with van der Waals surface area (Å²) in [6, 6.07) is 3.65. The second-order valence-corrected chi connectivity index (χ2v) is 4.92. The van der Waals surface area contributed by atoms with E-state index in [1.165, 1.54) is 0 Å². The molecule has 7 heteroatoms. The zero-order chi connectivity index (χ0) is 15.2. The molecule has 114 valence electrons. The van der Waals surface area contributed by atoms with Gasteiger partial charge in [0.15, 0.2) is 0 Å². The summed E-state index contributed by atoms with van der Waals surface area (Å²) in [4.78, 5) is 30.6. The van der Waals surface area contributed by atoms with Crippen LogP contribution in [0.4, 0.5) is 5.69 Å². The Kier molecular flexibility index (Phi) is 5.10. The number of rotatable bonds is 5. The standard InChI is InChI=1S/C14H20N4O3/c1-2-15-14(21)12-9-11(3-4-16-12)18-7-5-17(6-8-18)10-13(19)20/h3-4,9H,2,5-8,10H2,1H3,(H,15,21)(H,19,20). The summed E-state index contributed by atoms with van der Waals surface area (Å²) in [6.45, 7) is 5.39. The van der Waals surface area contributed by atoms with Crippen LogP contribution in [0.25, 0.3) is 0 Å². The van der Waals surface area contributed by atoms with Gasteiger partial charge in [0.25, 0.3) is 5.91 Å². The van der Waals surface area contributed by atoms with Crippen molar-refractivity contribution in [3.63, 3.8) is 0 Å². The molecule has 0 atom stereocenters. The summed E-state index contributed by atoms with van der Waals surface area (Å²) in [5, 5.41) is 11.5. The lowest BCUT2D eigenvalue weighted by Crippen LogP contribution is -2.48. The number of aliphatic carboxylic acids is 1. The Morgan fingerprint density at radius 1 is 1.33 bits per heavy atom. The van der Waals surface area contributed by atoms with E-state index >= 15 is 0 Å². The molecule has 1 amide bonds. The normalized spacial score (nSPS) is 15.8. The van der Waals surface area contributed by atoms with Crippen LogP contribution in [0.15, 0.2) is 18.3 Å². The maximum absolute atomic E-state index is 11.8. The SMILES string of the molecule is CCNC(=O)c1cc(N2CCN(CC(=O)O)CC2)ccn1. The van der Waals surface area contributed by atoms with Crippen molar-refractivity contribution < 1.29 is 14.7 Å². The summed E-state index contributed by atoms with van der Waals surface area (Å²) in [6.07, 6.45) is 1.63. The van der Waals surface area contributed by atoms with E-state index < -0.39 is 5.97 Å². The summed E-state index contributed by atoms with van der Waals surface area (Å²) in [5.41, 5.74) is 1.35. The Bertz CT molecular complexity index is 513. The van der Waals surface area contributed by atoms with Crippen LogP contribution in [0.2, 0.25) is 0 Å². The number of hydrogen-bond acceptors (Lipinski definition) is 5. The Hall–Kier alpha value is -2.15. The van der Waals surface area contributed by atoms with Crippen molar-refractivity contribution in [3.05, 3.63) is 24.0 Å². The topological polar surface area (TPSA) is 85.8 Å². The Morgan fingerprint density at radius 2 is 2.05 bits per heavy atom. The molecule has 2 N–H and O–H groups in total. The van der Waals surface area contributed by atoms with Crippen molar-refractivity contribution in [2.24, 2.45) is 0 Å². The second kappa shape index (κ2) is 7.03. The fourth-order valence-corrected chi connectivity index (χ4v) is 2.35. The highest BCUT2D eigenvalue weighted by molar-refractivity contribution is 5.93. The zero-order valence-electron chi connectivity index (χ0n) is 12.1. The summed E-state index contributed by atoms with van der Waals surface area (Å²) in [5.74, 6) is -0.977. The van der Waals surface area contributed by atoms with E-state index in [-0.39, 0.29) is 12.5 Å². The van der Waals surface area contributed by atoms with E-state index in [4.69, 9.17) is 5.11 Å². The van der Waals surface area contributed by atoms with Gasteiger partial charge < -0.3 is 15.3 Å². The first-order valence-electron chi connectivity index (χ1n) is 7.03. The third-order valence-corrected chi connectivity index (χ3v) is 3.41. The van der Waals surface area contributed by atoms with Crippen LogP contribution in [0, 0.1) is 0 Å². The van der Waals surface area contributed by atoms with Crippen LogP contribution < -0.4 is 10.2 Å². The van der Waals surface area contributed by atoms with Crippen molar-refractivity contribution in [3.8, 4) is 0 Å². The number of aromatic nitrogens is 1. The van der Waals surface area contributed by atoms with Crippen molar-refractivity contribution >= 4 is 17.6 Å². The molecule has 1 aromatic rings. The number of piperazine rings is 1. The Morgan fingerprint density at radius 3 is 2.67 bits per heavy atom. The van der Waals surface area contributed by atoms with Crippen LogP contribution in [-0.4, -0.2) is 66.1 Å². The lowest BCUT2D eigenvalue weighted by Gasteiger charge is -2.35. The van der Waals surface area contributed by atoms with Crippen LogP contribution in [-0.2, 0) is 4.79 Å². The zero-order valence-corrected chi connectivity index (χ0v) is 12.1. The Labute approximate surface area is 123 Å². The molecule has 1 aliphatic heterocycles. The highest BCUT2D eigenvalue weighted by Crippen LogP contribution is 2.16. The maximum Gasteiger partial charge on any atom is 0.317 e. The molecule has 0 bridgehead atoms. The molecule has 0 saturated carbocycles. The number of pyridine rings is 1. The average Bonchev–Trinajstić information content (AvgIpc) is 2.48. The van der Waals surface area contributed by atoms with E-state index in [0.717, 1.165) is 18.8 Å². The smallest absolute Gasteiger partial charge is 0.317 e. The predicted octanol–water partition coefficient (Wildman–Crippen LogP) is 0.0379. The van der Waals surface area contributed by atoms with Crippen molar-refractivity contribution in [2.45, 2.75) is 6.92 Å². The van der Waals surface area contributed by atoms with E-state index in [2.05, 4.69) is 15.2 Å². The second-order valence-electron chi connectivity index (χ2n) is 4.92. The van der Waals surface area contributed by atoms with Gasteiger partial charge in [-0.1, -0.05) is 0 Å². The summed E-state index contributed by atoms with van der Waals surface area (Å²) < 4.78 is 0. The number of hydrogen-bond donors (Lipinski definition) is 2. The van der Waals surface area contributed by atoms with Gasteiger partial charge in [0.1, 0.15) is 5.69 Å². The molecule has 1 aliphatic rings. The van der Waals surface area contributed by atoms with Gasteiger partial charge in [-0.15, -0.1) is 0 Å². The van der Waals surface area contributed by atoms with E-state index in [9.17, 15) is 9.59 Å². The molecule has 1 fully saturated rings. The number of carbonyl (C=O) groups is 2. The van der Waals surface area contributed by atoms with Gasteiger partial charge in [-0.05, 0) is 19.1 Å². The van der Waals surface area contributed by atoms with Gasteiger partial charge in [-0.25, -0.2) is 0 Å². The third-order valence-electron chi connectivity index (χ3n) is 3.41. The highest BCUT2D eigenvalue weighted by atomic mass is 16.4. The van der Waals surface area contributed by atoms with Gasteiger partial charge in [-0.3, -0.25) is 19.5 Å². The molecule has 0 unspecified atom stereocenters.